The molecule has 0 spiro atoms. The van der Waals surface area contributed by atoms with Crippen molar-refractivity contribution in [3.05, 3.63) is 0 Å². The van der Waals surface area contributed by atoms with Gasteiger partial charge < -0.3 is 10.4 Å². The average molecular weight is 237 g/mol. The summed E-state index contributed by atoms with van der Waals surface area (Å²) in [6, 6.07) is -0.349. The molecule has 0 bridgehead atoms. The number of rotatable bonds is 4. The Morgan fingerprint density at radius 2 is 2.06 bits per heavy atom. The van der Waals surface area contributed by atoms with E-state index in [1.807, 2.05) is 6.92 Å². The highest BCUT2D eigenvalue weighted by Crippen LogP contribution is 2.38. The molecular weight excluding hydrogens is 218 g/mol. The quantitative estimate of drug-likeness (QED) is 0.723. The Bertz CT molecular complexity index is 345. The summed E-state index contributed by atoms with van der Waals surface area (Å²) in [6.07, 6.45) is 7.34. The lowest BCUT2D eigenvalue weighted by Gasteiger charge is -2.16. The van der Waals surface area contributed by atoms with Crippen LogP contribution in [0.15, 0.2) is 0 Å². The van der Waals surface area contributed by atoms with Gasteiger partial charge >= 0.3 is 5.97 Å². The van der Waals surface area contributed by atoms with Crippen molar-refractivity contribution in [3.8, 4) is 12.3 Å². The summed E-state index contributed by atoms with van der Waals surface area (Å²) < 4.78 is 0. The predicted octanol–water partition coefficient (Wildman–Crippen LogP) is 1.26. The van der Waals surface area contributed by atoms with E-state index >= 15 is 0 Å². The molecule has 1 amide bonds. The van der Waals surface area contributed by atoms with Crippen molar-refractivity contribution in [2.45, 2.75) is 39.2 Å². The summed E-state index contributed by atoms with van der Waals surface area (Å²) in [7, 11) is 0. The molecule has 4 nitrogen and oxygen atoms in total. The number of carboxylic acid groups (broad SMARTS) is 1. The van der Waals surface area contributed by atoms with Crippen LogP contribution in [0.3, 0.4) is 0 Å². The van der Waals surface area contributed by atoms with Gasteiger partial charge in [0, 0.05) is 0 Å². The summed E-state index contributed by atoms with van der Waals surface area (Å²) in [6.45, 7) is 3.73. The van der Waals surface area contributed by atoms with Crippen molar-refractivity contribution >= 4 is 11.9 Å². The highest BCUT2D eigenvalue weighted by atomic mass is 16.4. The maximum atomic E-state index is 11.9. The maximum absolute atomic E-state index is 11.9. The fourth-order valence-electron chi connectivity index (χ4n) is 2.40. The molecule has 4 atom stereocenters. The van der Waals surface area contributed by atoms with Gasteiger partial charge in [-0.2, -0.15) is 0 Å². The number of hydrogen-bond donors (Lipinski definition) is 2. The molecule has 4 heteroatoms. The molecule has 1 fully saturated rings. The van der Waals surface area contributed by atoms with E-state index in [4.69, 9.17) is 11.5 Å². The summed E-state index contributed by atoms with van der Waals surface area (Å²) in [5, 5.41) is 11.8. The first-order valence-corrected chi connectivity index (χ1v) is 5.98. The lowest BCUT2D eigenvalue weighted by Crippen LogP contribution is -2.39. The van der Waals surface area contributed by atoms with Crippen LogP contribution < -0.4 is 5.32 Å². The fourth-order valence-corrected chi connectivity index (χ4v) is 2.40. The van der Waals surface area contributed by atoms with E-state index in [9.17, 15) is 9.59 Å². The first kappa shape index (κ1) is 13.6. The van der Waals surface area contributed by atoms with Gasteiger partial charge in [0.1, 0.15) is 0 Å². The van der Waals surface area contributed by atoms with Crippen molar-refractivity contribution in [3.63, 3.8) is 0 Å². The van der Waals surface area contributed by atoms with Gasteiger partial charge in [0.15, 0.2) is 0 Å². The standard InChI is InChI=1S/C13H19NO3/c1-4-8(3)14-12(15)10-6-9(5-2)7-11(10)13(16)17/h1,8-11H,5-7H2,2-3H3,(H,14,15)(H,16,17)/t8?,9?,10-,11+/m0/s1. The van der Waals surface area contributed by atoms with Crippen LogP contribution in [0.2, 0.25) is 0 Å². The number of nitrogens with one attached hydrogen (secondary N) is 1. The normalized spacial score (nSPS) is 29.4. The number of hydrogen-bond acceptors (Lipinski definition) is 2. The highest BCUT2D eigenvalue weighted by Gasteiger charge is 2.42. The second-order valence-corrected chi connectivity index (χ2v) is 4.69. The van der Waals surface area contributed by atoms with Crippen molar-refractivity contribution in [1.82, 2.24) is 5.32 Å². The predicted molar refractivity (Wildman–Crippen MR) is 64.1 cm³/mol. The molecule has 0 aliphatic heterocycles. The second kappa shape index (κ2) is 5.72. The molecule has 1 saturated carbocycles. The van der Waals surface area contributed by atoms with Crippen LogP contribution in [0.1, 0.15) is 33.1 Å². The number of aliphatic carboxylic acids is 1. The number of carbonyl (C=O) groups is 2. The monoisotopic (exact) mass is 237 g/mol. The summed E-state index contributed by atoms with van der Waals surface area (Å²) in [4.78, 5) is 23.0. The molecule has 0 heterocycles. The maximum Gasteiger partial charge on any atom is 0.307 e. The van der Waals surface area contributed by atoms with Gasteiger partial charge in [-0.25, -0.2) is 0 Å². The molecule has 0 saturated heterocycles. The zero-order chi connectivity index (χ0) is 13.0. The molecule has 1 rings (SSSR count). The SMILES string of the molecule is C#CC(C)NC(=O)[C@H]1CC(CC)C[C@H]1C(=O)O. The average Bonchev–Trinajstić information content (AvgIpc) is 2.72. The Morgan fingerprint density at radius 3 is 2.53 bits per heavy atom. The third-order valence-electron chi connectivity index (χ3n) is 3.50. The van der Waals surface area contributed by atoms with E-state index < -0.39 is 17.8 Å². The van der Waals surface area contributed by atoms with E-state index in [-0.39, 0.29) is 11.9 Å². The van der Waals surface area contributed by atoms with Gasteiger partial charge in [0.05, 0.1) is 17.9 Å². The van der Waals surface area contributed by atoms with Crippen LogP contribution >= 0.6 is 0 Å². The van der Waals surface area contributed by atoms with Crippen molar-refractivity contribution in [2.24, 2.45) is 17.8 Å². The summed E-state index contributed by atoms with van der Waals surface area (Å²) in [5.41, 5.74) is 0. The van der Waals surface area contributed by atoms with Crippen LogP contribution in [0.4, 0.5) is 0 Å². The van der Waals surface area contributed by atoms with E-state index in [0.29, 0.717) is 18.8 Å². The molecule has 0 aromatic heterocycles. The van der Waals surface area contributed by atoms with Gasteiger partial charge in [0.2, 0.25) is 5.91 Å². The third-order valence-corrected chi connectivity index (χ3v) is 3.50. The first-order valence-electron chi connectivity index (χ1n) is 5.98. The van der Waals surface area contributed by atoms with E-state index in [1.54, 1.807) is 6.92 Å². The largest absolute Gasteiger partial charge is 0.481 e. The molecule has 0 radical (unpaired) electrons. The molecule has 1 aliphatic rings. The summed E-state index contributed by atoms with van der Waals surface area (Å²) >= 11 is 0. The third kappa shape index (κ3) is 3.23. The first-order chi connectivity index (χ1) is 7.99. The number of carboxylic acids is 1. The van der Waals surface area contributed by atoms with Crippen LogP contribution in [-0.4, -0.2) is 23.0 Å². The topological polar surface area (TPSA) is 66.4 Å². The molecule has 0 aromatic carbocycles. The molecule has 1 aliphatic carbocycles. The smallest absolute Gasteiger partial charge is 0.307 e. The Balaban J connectivity index is 2.70. The molecule has 0 aromatic rings. The van der Waals surface area contributed by atoms with E-state index in [1.165, 1.54) is 0 Å². The van der Waals surface area contributed by atoms with Crippen molar-refractivity contribution in [2.75, 3.05) is 0 Å². The number of carbonyl (C=O) groups excluding carboxylic acids is 1. The lowest BCUT2D eigenvalue weighted by atomic mass is 9.95. The zero-order valence-electron chi connectivity index (χ0n) is 10.3. The molecular formula is C13H19NO3. The minimum absolute atomic E-state index is 0.223. The summed E-state index contributed by atoms with van der Waals surface area (Å²) in [5.74, 6) is 0.631. The number of terminal acetylenes is 1. The minimum Gasteiger partial charge on any atom is -0.481 e. The van der Waals surface area contributed by atoms with Crippen LogP contribution in [0, 0.1) is 30.1 Å². The zero-order valence-corrected chi connectivity index (χ0v) is 10.3. The lowest BCUT2D eigenvalue weighted by molar-refractivity contribution is -0.146. The fraction of sp³-hybridized carbons (Fsp3) is 0.692. The van der Waals surface area contributed by atoms with Crippen LogP contribution in [-0.2, 0) is 9.59 Å². The van der Waals surface area contributed by atoms with Gasteiger partial charge in [0.25, 0.3) is 0 Å². The molecule has 94 valence electrons. The Labute approximate surface area is 102 Å². The van der Waals surface area contributed by atoms with Gasteiger partial charge in [-0.1, -0.05) is 19.3 Å². The van der Waals surface area contributed by atoms with Crippen molar-refractivity contribution < 1.29 is 14.7 Å². The van der Waals surface area contributed by atoms with Crippen LogP contribution in [0.5, 0.6) is 0 Å². The Morgan fingerprint density at radius 1 is 1.47 bits per heavy atom. The van der Waals surface area contributed by atoms with Gasteiger partial charge in [-0.05, 0) is 25.7 Å². The second-order valence-electron chi connectivity index (χ2n) is 4.69. The molecule has 2 N–H and O–H groups in total. The van der Waals surface area contributed by atoms with Gasteiger partial charge in [-0.3, -0.25) is 9.59 Å². The van der Waals surface area contributed by atoms with Crippen molar-refractivity contribution in [1.29, 1.82) is 0 Å². The Hall–Kier alpha value is -1.50. The van der Waals surface area contributed by atoms with E-state index in [0.717, 1.165) is 6.42 Å². The number of amides is 1. The highest BCUT2D eigenvalue weighted by molar-refractivity contribution is 5.85. The van der Waals surface area contributed by atoms with E-state index in [2.05, 4.69) is 11.2 Å². The molecule has 2 unspecified atom stereocenters. The van der Waals surface area contributed by atoms with Gasteiger partial charge in [-0.15, -0.1) is 6.42 Å². The minimum atomic E-state index is -0.880. The van der Waals surface area contributed by atoms with Crippen LogP contribution in [0.25, 0.3) is 0 Å². The molecule has 17 heavy (non-hydrogen) atoms. The Kier molecular flexibility index (Phi) is 4.56.